The molecule has 96 valence electrons. The third kappa shape index (κ3) is 2.91. The van der Waals surface area contributed by atoms with Crippen molar-refractivity contribution in [1.29, 1.82) is 0 Å². The lowest BCUT2D eigenvalue weighted by Gasteiger charge is -2.04. The van der Waals surface area contributed by atoms with E-state index in [1.54, 1.807) is 6.08 Å². The van der Waals surface area contributed by atoms with Crippen LogP contribution in [0.15, 0.2) is 17.7 Å². The molecular weight excluding hydrogens is 270 g/mol. The molecule has 4 nitrogen and oxygen atoms in total. The molecule has 0 bridgehead atoms. The number of carbonyl (C=O) groups is 1. The minimum atomic E-state index is -0.120. The van der Waals surface area contributed by atoms with Crippen molar-refractivity contribution in [3.05, 3.63) is 28.5 Å². The van der Waals surface area contributed by atoms with Gasteiger partial charge in [0.25, 0.3) is 0 Å². The van der Waals surface area contributed by atoms with Crippen LogP contribution in [-0.2, 0) is 4.79 Å². The third-order valence-electron chi connectivity index (χ3n) is 2.33. The molecule has 2 rings (SSSR count). The number of hydrogen-bond donors (Lipinski definition) is 1. The molecule has 0 saturated carbocycles. The van der Waals surface area contributed by atoms with Crippen LogP contribution in [0, 0.1) is 5.92 Å². The Labute approximate surface area is 114 Å². The second-order valence-corrected chi connectivity index (χ2v) is 5.55. The van der Waals surface area contributed by atoms with Gasteiger partial charge in [0.05, 0.1) is 5.69 Å². The summed E-state index contributed by atoms with van der Waals surface area (Å²) in [5.74, 6) is 0.314. The predicted molar refractivity (Wildman–Crippen MR) is 75.0 cm³/mol. The van der Waals surface area contributed by atoms with Crippen LogP contribution in [0.5, 0.6) is 0 Å². The van der Waals surface area contributed by atoms with Crippen LogP contribution in [0.4, 0.5) is 0 Å². The first-order chi connectivity index (χ1) is 8.58. The van der Waals surface area contributed by atoms with Gasteiger partial charge in [-0.05, 0) is 12.0 Å². The fourth-order valence-corrected chi connectivity index (χ4v) is 2.45. The lowest BCUT2D eigenvalue weighted by molar-refractivity contribution is -0.116. The molecule has 18 heavy (non-hydrogen) atoms. The van der Waals surface area contributed by atoms with Crippen LogP contribution < -0.4 is 5.32 Å². The number of hydrogen-bond acceptors (Lipinski definition) is 3. The van der Waals surface area contributed by atoms with Gasteiger partial charge < -0.3 is 5.32 Å². The molecule has 2 heterocycles. The highest BCUT2D eigenvalue weighted by atomic mass is 35.5. The summed E-state index contributed by atoms with van der Waals surface area (Å²) in [4.78, 5) is 16.6. The van der Waals surface area contributed by atoms with E-state index in [9.17, 15) is 4.79 Å². The maximum atomic E-state index is 11.6. The van der Waals surface area contributed by atoms with Crippen molar-refractivity contribution in [3.63, 3.8) is 0 Å². The molecular formula is C12H14ClN3OS. The van der Waals surface area contributed by atoms with Crippen molar-refractivity contribution in [3.8, 4) is 0 Å². The van der Waals surface area contributed by atoms with E-state index in [2.05, 4.69) is 10.3 Å². The summed E-state index contributed by atoms with van der Waals surface area (Å²) in [7, 11) is 0. The van der Waals surface area contributed by atoms with E-state index in [4.69, 9.17) is 11.6 Å². The molecule has 0 spiro atoms. The Kier molecular flexibility index (Phi) is 4.04. The second-order valence-electron chi connectivity index (χ2n) is 4.32. The van der Waals surface area contributed by atoms with E-state index >= 15 is 0 Å². The average molecular weight is 284 g/mol. The fraction of sp³-hybridized carbons (Fsp3) is 0.333. The number of amides is 1. The average Bonchev–Trinajstić information content (AvgIpc) is 2.84. The van der Waals surface area contributed by atoms with Gasteiger partial charge in [0.1, 0.15) is 0 Å². The van der Waals surface area contributed by atoms with Gasteiger partial charge in [-0.2, -0.15) is 0 Å². The van der Waals surface area contributed by atoms with E-state index in [-0.39, 0.29) is 5.91 Å². The van der Waals surface area contributed by atoms with Crippen molar-refractivity contribution in [2.45, 2.75) is 13.8 Å². The summed E-state index contributed by atoms with van der Waals surface area (Å²) >= 11 is 7.52. The molecule has 1 N–H and O–H groups in total. The lowest BCUT2D eigenvalue weighted by atomic mass is 10.2. The SMILES string of the molecule is CC(C)CNC(=O)/C=C/c1c(Cl)nc2sccn12. The van der Waals surface area contributed by atoms with E-state index in [0.717, 1.165) is 10.7 Å². The lowest BCUT2D eigenvalue weighted by Crippen LogP contribution is -2.25. The van der Waals surface area contributed by atoms with Crippen molar-refractivity contribution in [1.82, 2.24) is 14.7 Å². The van der Waals surface area contributed by atoms with E-state index < -0.39 is 0 Å². The smallest absolute Gasteiger partial charge is 0.244 e. The number of rotatable bonds is 4. The number of imidazole rings is 1. The monoisotopic (exact) mass is 283 g/mol. The molecule has 0 saturated heterocycles. The molecule has 0 fully saturated rings. The molecule has 1 amide bonds. The van der Waals surface area contributed by atoms with Crippen LogP contribution in [0.1, 0.15) is 19.5 Å². The quantitative estimate of drug-likeness (QED) is 0.877. The van der Waals surface area contributed by atoms with E-state index in [0.29, 0.717) is 17.6 Å². The van der Waals surface area contributed by atoms with Gasteiger partial charge in [-0.15, -0.1) is 11.3 Å². The van der Waals surface area contributed by atoms with Gasteiger partial charge in [0.2, 0.25) is 5.91 Å². The zero-order chi connectivity index (χ0) is 13.1. The molecule has 2 aromatic heterocycles. The highest BCUT2D eigenvalue weighted by Crippen LogP contribution is 2.22. The first kappa shape index (κ1) is 13.1. The summed E-state index contributed by atoms with van der Waals surface area (Å²) in [5.41, 5.74) is 0.729. The Morgan fingerprint density at radius 3 is 3.17 bits per heavy atom. The summed E-state index contributed by atoms with van der Waals surface area (Å²) in [5, 5.41) is 5.15. The summed E-state index contributed by atoms with van der Waals surface area (Å²) < 4.78 is 1.86. The molecule has 0 aliphatic rings. The van der Waals surface area contributed by atoms with E-state index in [1.165, 1.54) is 17.4 Å². The first-order valence-electron chi connectivity index (χ1n) is 5.65. The number of nitrogens with zero attached hydrogens (tertiary/aromatic N) is 2. The number of aromatic nitrogens is 2. The van der Waals surface area contributed by atoms with Gasteiger partial charge in [-0.25, -0.2) is 4.98 Å². The molecule has 0 aliphatic heterocycles. The third-order valence-corrected chi connectivity index (χ3v) is 3.37. The maximum Gasteiger partial charge on any atom is 0.244 e. The Hall–Kier alpha value is -1.33. The Balaban J connectivity index is 2.10. The van der Waals surface area contributed by atoms with Crippen LogP contribution in [0.25, 0.3) is 11.0 Å². The fourth-order valence-electron chi connectivity index (χ4n) is 1.44. The van der Waals surface area contributed by atoms with E-state index in [1.807, 2.05) is 29.8 Å². The molecule has 0 unspecified atom stereocenters. The highest BCUT2D eigenvalue weighted by Gasteiger charge is 2.08. The predicted octanol–water partition coefficient (Wildman–Crippen LogP) is 2.83. The summed E-state index contributed by atoms with van der Waals surface area (Å²) in [6, 6.07) is 0. The largest absolute Gasteiger partial charge is 0.352 e. The van der Waals surface area contributed by atoms with Crippen LogP contribution in [0.2, 0.25) is 5.15 Å². The maximum absolute atomic E-state index is 11.6. The number of nitrogens with one attached hydrogen (secondary N) is 1. The van der Waals surface area contributed by atoms with Gasteiger partial charge in [-0.3, -0.25) is 9.20 Å². The van der Waals surface area contributed by atoms with Crippen molar-refractivity contribution in [2.24, 2.45) is 5.92 Å². The zero-order valence-corrected chi connectivity index (χ0v) is 11.8. The van der Waals surface area contributed by atoms with Crippen LogP contribution in [0.3, 0.4) is 0 Å². The van der Waals surface area contributed by atoms with Gasteiger partial charge in [0.15, 0.2) is 10.1 Å². The number of halogens is 1. The van der Waals surface area contributed by atoms with Gasteiger partial charge in [-0.1, -0.05) is 25.4 Å². The van der Waals surface area contributed by atoms with Crippen molar-refractivity contribution >= 4 is 39.9 Å². The molecule has 0 aliphatic carbocycles. The highest BCUT2D eigenvalue weighted by molar-refractivity contribution is 7.15. The normalized spacial score (nSPS) is 11.8. The topological polar surface area (TPSA) is 46.4 Å². The second kappa shape index (κ2) is 5.54. The Morgan fingerprint density at radius 1 is 1.67 bits per heavy atom. The van der Waals surface area contributed by atoms with Crippen molar-refractivity contribution < 1.29 is 4.79 Å². The molecule has 0 atom stereocenters. The van der Waals surface area contributed by atoms with Crippen LogP contribution >= 0.6 is 22.9 Å². The Morgan fingerprint density at radius 2 is 2.44 bits per heavy atom. The van der Waals surface area contributed by atoms with Gasteiger partial charge >= 0.3 is 0 Å². The molecule has 2 aromatic rings. The molecule has 0 aromatic carbocycles. The first-order valence-corrected chi connectivity index (χ1v) is 6.90. The molecule has 0 radical (unpaired) electrons. The number of carbonyl (C=O) groups excluding carboxylic acids is 1. The zero-order valence-electron chi connectivity index (χ0n) is 10.2. The van der Waals surface area contributed by atoms with Crippen LogP contribution in [-0.4, -0.2) is 21.8 Å². The number of thiazole rings is 1. The minimum Gasteiger partial charge on any atom is -0.352 e. The minimum absolute atomic E-state index is 0.120. The summed E-state index contributed by atoms with van der Waals surface area (Å²) in [6.45, 7) is 4.76. The number of fused-ring (bicyclic) bond motifs is 1. The van der Waals surface area contributed by atoms with Gasteiger partial charge in [0, 0.05) is 24.2 Å². The molecule has 6 heteroatoms. The van der Waals surface area contributed by atoms with Crippen molar-refractivity contribution in [2.75, 3.05) is 6.54 Å². The standard InChI is InChI=1S/C12H14ClN3OS/c1-8(2)7-14-10(17)4-3-9-11(13)15-12-16(9)5-6-18-12/h3-6,8H,7H2,1-2H3,(H,14,17)/b4-3+. The Bertz CT molecular complexity index is 585. The summed E-state index contributed by atoms with van der Waals surface area (Å²) in [6.07, 6.45) is 5.05.